The lowest BCUT2D eigenvalue weighted by molar-refractivity contribution is -0.385. The normalized spacial score (nSPS) is 17.1. The number of rotatable bonds is 3. The van der Waals surface area contributed by atoms with E-state index in [1.54, 1.807) is 19.1 Å². The van der Waals surface area contributed by atoms with Crippen molar-refractivity contribution in [3.8, 4) is 0 Å². The van der Waals surface area contributed by atoms with Gasteiger partial charge in [0.2, 0.25) is 0 Å². The molecule has 1 aliphatic rings. The van der Waals surface area contributed by atoms with Gasteiger partial charge in [-0.15, -0.1) is 0 Å². The highest BCUT2D eigenvalue weighted by molar-refractivity contribution is 5.97. The summed E-state index contributed by atoms with van der Waals surface area (Å²) < 4.78 is 0. The highest BCUT2D eigenvalue weighted by atomic mass is 16.6. The summed E-state index contributed by atoms with van der Waals surface area (Å²) in [5, 5.41) is 11.1. The fourth-order valence-corrected chi connectivity index (χ4v) is 3.44. The van der Waals surface area contributed by atoms with Gasteiger partial charge in [0.25, 0.3) is 11.6 Å². The van der Waals surface area contributed by atoms with Crippen LogP contribution < -0.4 is 0 Å². The van der Waals surface area contributed by atoms with Crippen LogP contribution >= 0.6 is 0 Å². The zero-order valence-electron chi connectivity index (χ0n) is 13.9. The highest BCUT2D eigenvalue weighted by Crippen LogP contribution is 2.34. The van der Waals surface area contributed by atoms with Crippen LogP contribution in [0, 0.1) is 24.0 Å². The van der Waals surface area contributed by atoms with E-state index in [-0.39, 0.29) is 17.6 Å². The molecule has 0 saturated carbocycles. The molecule has 124 valence electrons. The Bertz CT molecular complexity index is 801. The van der Waals surface area contributed by atoms with Crippen molar-refractivity contribution >= 4 is 11.6 Å². The first-order chi connectivity index (χ1) is 11.5. The summed E-state index contributed by atoms with van der Waals surface area (Å²) in [5.74, 6) is -0.125. The number of hydrogen-bond donors (Lipinski definition) is 0. The SMILES string of the molecule is Cc1cccc(C2CCCN2C(=O)c2cccc([N+](=O)[O-])c2C)c1. The van der Waals surface area contributed by atoms with Crippen LogP contribution in [0.3, 0.4) is 0 Å². The number of nitrogens with zero attached hydrogens (tertiary/aromatic N) is 2. The van der Waals surface area contributed by atoms with E-state index in [4.69, 9.17) is 0 Å². The van der Waals surface area contributed by atoms with Gasteiger partial charge < -0.3 is 4.90 Å². The molecule has 5 nitrogen and oxygen atoms in total. The lowest BCUT2D eigenvalue weighted by Gasteiger charge is -2.26. The fraction of sp³-hybridized carbons (Fsp3) is 0.316. The second-order valence-electron chi connectivity index (χ2n) is 6.28. The predicted octanol–water partition coefficient (Wildman–Crippen LogP) is 4.19. The molecular formula is C19H20N2O3. The van der Waals surface area contributed by atoms with E-state index in [2.05, 4.69) is 6.07 Å². The van der Waals surface area contributed by atoms with E-state index in [1.807, 2.05) is 30.0 Å². The van der Waals surface area contributed by atoms with Gasteiger partial charge >= 0.3 is 0 Å². The number of likely N-dealkylation sites (tertiary alicyclic amines) is 1. The summed E-state index contributed by atoms with van der Waals surface area (Å²) in [6, 6.07) is 12.9. The molecule has 3 rings (SSSR count). The Kier molecular flexibility index (Phi) is 4.34. The van der Waals surface area contributed by atoms with Crippen molar-refractivity contribution in [3.05, 3.63) is 74.8 Å². The van der Waals surface area contributed by atoms with Crippen LogP contribution in [0.2, 0.25) is 0 Å². The number of nitro groups is 1. The molecule has 1 fully saturated rings. The second kappa shape index (κ2) is 6.43. The van der Waals surface area contributed by atoms with Gasteiger partial charge in [0, 0.05) is 23.7 Å². The number of benzene rings is 2. The Morgan fingerprint density at radius 3 is 2.67 bits per heavy atom. The quantitative estimate of drug-likeness (QED) is 0.628. The van der Waals surface area contributed by atoms with Gasteiger partial charge in [-0.05, 0) is 38.3 Å². The van der Waals surface area contributed by atoms with Gasteiger partial charge in [-0.3, -0.25) is 14.9 Å². The van der Waals surface area contributed by atoms with Gasteiger partial charge in [-0.1, -0.05) is 35.9 Å². The molecule has 0 N–H and O–H groups in total. The van der Waals surface area contributed by atoms with Crippen molar-refractivity contribution in [3.63, 3.8) is 0 Å². The molecule has 0 aliphatic carbocycles. The van der Waals surface area contributed by atoms with E-state index in [9.17, 15) is 14.9 Å². The summed E-state index contributed by atoms with van der Waals surface area (Å²) in [6.45, 7) is 4.36. The van der Waals surface area contributed by atoms with Gasteiger partial charge in [-0.2, -0.15) is 0 Å². The summed E-state index contributed by atoms with van der Waals surface area (Å²) in [6.07, 6.45) is 1.86. The first kappa shape index (κ1) is 16.2. The van der Waals surface area contributed by atoms with Gasteiger partial charge in [0.1, 0.15) is 0 Å². The average Bonchev–Trinajstić information content (AvgIpc) is 3.03. The molecule has 2 aromatic carbocycles. The first-order valence-corrected chi connectivity index (χ1v) is 8.10. The Balaban J connectivity index is 1.95. The summed E-state index contributed by atoms with van der Waals surface area (Å²) in [4.78, 5) is 25.5. The lowest BCUT2D eigenvalue weighted by Crippen LogP contribution is -2.31. The van der Waals surface area contributed by atoms with E-state index >= 15 is 0 Å². The van der Waals surface area contributed by atoms with Crippen LogP contribution in [0.25, 0.3) is 0 Å². The van der Waals surface area contributed by atoms with Gasteiger partial charge in [0.15, 0.2) is 0 Å². The maximum Gasteiger partial charge on any atom is 0.273 e. The van der Waals surface area contributed by atoms with Crippen LogP contribution in [0.1, 0.15) is 45.9 Å². The molecule has 1 atom stereocenters. The van der Waals surface area contributed by atoms with Crippen molar-refractivity contribution in [2.75, 3.05) is 6.54 Å². The average molecular weight is 324 g/mol. The monoisotopic (exact) mass is 324 g/mol. The van der Waals surface area contributed by atoms with Crippen molar-refractivity contribution < 1.29 is 9.72 Å². The van der Waals surface area contributed by atoms with E-state index in [1.165, 1.54) is 11.6 Å². The van der Waals surface area contributed by atoms with Crippen LogP contribution in [0.5, 0.6) is 0 Å². The molecule has 1 amide bonds. The summed E-state index contributed by atoms with van der Waals surface area (Å²) in [5.41, 5.74) is 3.14. The number of carbonyl (C=O) groups is 1. The molecule has 1 unspecified atom stereocenters. The molecule has 0 spiro atoms. The Morgan fingerprint density at radius 1 is 1.21 bits per heavy atom. The number of hydrogen-bond acceptors (Lipinski definition) is 3. The van der Waals surface area contributed by atoms with E-state index in [0.29, 0.717) is 17.7 Å². The van der Waals surface area contributed by atoms with Crippen LogP contribution in [0.15, 0.2) is 42.5 Å². The third kappa shape index (κ3) is 2.89. The third-order valence-electron chi connectivity index (χ3n) is 4.67. The highest BCUT2D eigenvalue weighted by Gasteiger charge is 2.32. The lowest BCUT2D eigenvalue weighted by atomic mass is 10.0. The minimum Gasteiger partial charge on any atom is -0.332 e. The number of amides is 1. The fourth-order valence-electron chi connectivity index (χ4n) is 3.44. The molecule has 1 heterocycles. The molecule has 1 aliphatic heterocycles. The summed E-state index contributed by atoms with van der Waals surface area (Å²) in [7, 11) is 0. The molecule has 0 aromatic heterocycles. The van der Waals surface area contributed by atoms with Crippen molar-refractivity contribution in [1.29, 1.82) is 0 Å². The largest absolute Gasteiger partial charge is 0.332 e. The molecule has 1 saturated heterocycles. The molecule has 0 bridgehead atoms. The Hall–Kier alpha value is -2.69. The minimum atomic E-state index is -0.436. The molecule has 5 heteroatoms. The maximum atomic E-state index is 13.0. The topological polar surface area (TPSA) is 63.5 Å². The number of carbonyl (C=O) groups excluding carboxylic acids is 1. The maximum absolute atomic E-state index is 13.0. The van der Waals surface area contributed by atoms with Crippen LogP contribution in [0.4, 0.5) is 5.69 Å². The van der Waals surface area contributed by atoms with Gasteiger partial charge in [-0.25, -0.2) is 0 Å². The minimum absolute atomic E-state index is 0.00727. The standard InChI is InChI=1S/C19H20N2O3/c1-13-6-3-7-15(12-13)18-10-5-11-20(18)19(22)16-8-4-9-17(14(16)2)21(23)24/h3-4,6-9,12,18H,5,10-11H2,1-2H3. The number of aryl methyl sites for hydroxylation is 1. The zero-order valence-corrected chi connectivity index (χ0v) is 13.9. The van der Waals surface area contributed by atoms with Gasteiger partial charge in [0.05, 0.1) is 11.0 Å². The molecule has 0 radical (unpaired) electrons. The van der Waals surface area contributed by atoms with Crippen molar-refractivity contribution in [1.82, 2.24) is 4.90 Å². The Labute approximate surface area is 141 Å². The zero-order chi connectivity index (χ0) is 17.3. The Morgan fingerprint density at radius 2 is 1.96 bits per heavy atom. The molecular weight excluding hydrogens is 304 g/mol. The van der Waals surface area contributed by atoms with Crippen LogP contribution in [-0.4, -0.2) is 22.3 Å². The van der Waals surface area contributed by atoms with E-state index < -0.39 is 4.92 Å². The van der Waals surface area contributed by atoms with Crippen molar-refractivity contribution in [2.45, 2.75) is 32.7 Å². The summed E-state index contributed by atoms with van der Waals surface area (Å²) >= 11 is 0. The second-order valence-corrected chi connectivity index (χ2v) is 6.28. The third-order valence-corrected chi connectivity index (χ3v) is 4.67. The molecule has 2 aromatic rings. The van der Waals surface area contributed by atoms with Crippen molar-refractivity contribution in [2.24, 2.45) is 0 Å². The first-order valence-electron chi connectivity index (χ1n) is 8.10. The smallest absolute Gasteiger partial charge is 0.273 e. The van der Waals surface area contributed by atoms with E-state index in [0.717, 1.165) is 18.4 Å². The number of nitro benzene ring substituents is 1. The predicted molar refractivity (Wildman–Crippen MR) is 92.0 cm³/mol. The molecule has 24 heavy (non-hydrogen) atoms. The van der Waals surface area contributed by atoms with Crippen LogP contribution in [-0.2, 0) is 0 Å².